The van der Waals surface area contributed by atoms with Gasteiger partial charge in [-0.05, 0) is 17.7 Å². The number of rotatable bonds is 6. The van der Waals surface area contributed by atoms with Crippen molar-refractivity contribution in [2.24, 2.45) is 0 Å². The van der Waals surface area contributed by atoms with E-state index in [9.17, 15) is 4.79 Å². The predicted molar refractivity (Wildman–Crippen MR) is 65.8 cm³/mol. The van der Waals surface area contributed by atoms with Gasteiger partial charge in [0.1, 0.15) is 13.2 Å². The molecule has 6 nitrogen and oxygen atoms in total. The minimum atomic E-state index is -1.04. The third kappa shape index (κ3) is 4.35. The summed E-state index contributed by atoms with van der Waals surface area (Å²) in [6.45, 7) is -0.408. The van der Waals surface area contributed by atoms with Gasteiger partial charge in [-0.15, -0.1) is 10.2 Å². The summed E-state index contributed by atoms with van der Waals surface area (Å²) in [4.78, 5) is 10.3. The summed E-state index contributed by atoms with van der Waals surface area (Å²) in [5, 5.41) is 16.7. The average Bonchev–Trinajstić information content (AvgIpc) is 2.79. The Balaban J connectivity index is 1.90. The van der Waals surface area contributed by atoms with Crippen molar-refractivity contribution in [3.05, 3.63) is 46.6 Å². The van der Waals surface area contributed by atoms with Gasteiger partial charge in [0.05, 0.1) is 6.42 Å². The Morgan fingerprint density at radius 3 is 2.63 bits per heavy atom. The quantitative estimate of drug-likeness (QED) is 0.871. The molecule has 0 spiro atoms. The fraction of sp³-hybridized carbons (Fsp3) is 0.250. The maximum absolute atomic E-state index is 10.3. The van der Waals surface area contributed by atoms with Gasteiger partial charge in [-0.25, -0.2) is 4.79 Å². The molecule has 0 aliphatic carbocycles. The maximum Gasteiger partial charge on any atom is 0.329 e. The minimum Gasteiger partial charge on any atom is -0.480 e. The fourth-order valence-corrected chi connectivity index (χ4v) is 1.55. The van der Waals surface area contributed by atoms with E-state index < -0.39 is 12.6 Å². The van der Waals surface area contributed by atoms with Crippen LogP contribution in [0.1, 0.15) is 17.3 Å². The Labute approximate surface area is 114 Å². The number of carboxylic acid groups (broad SMARTS) is 1. The molecule has 1 aromatic heterocycles. The Morgan fingerprint density at radius 2 is 1.95 bits per heavy atom. The zero-order valence-electron chi connectivity index (χ0n) is 9.88. The van der Waals surface area contributed by atoms with Crippen LogP contribution in [-0.2, 0) is 22.6 Å². The second-order valence-electron chi connectivity index (χ2n) is 3.78. The third-order valence-corrected chi connectivity index (χ3v) is 2.48. The van der Waals surface area contributed by atoms with Gasteiger partial charge in [0.15, 0.2) is 0 Å². The summed E-state index contributed by atoms with van der Waals surface area (Å²) in [7, 11) is 0. The molecule has 0 atom stereocenters. The van der Waals surface area contributed by atoms with Crippen molar-refractivity contribution in [2.75, 3.05) is 6.61 Å². The topological polar surface area (TPSA) is 85.5 Å². The third-order valence-electron chi connectivity index (χ3n) is 2.23. The van der Waals surface area contributed by atoms with Crippen molar-refractivity contribution in [2.45, 2.75) is 13.0 Å². The molecule has 1 aromatic carbocycles. The number of carboxylic acids is 1. The van der Waals surface area contributed by atoms with E-state index in [-0.39, 0.29) is 12.5 Å². The molecule has 0 fully saturated rings. The number of aromatic nitrogens is 2. The first-order valence-corrected chi connectivity index (χ1v) is 5.86. The largest absolute Gasteiger partial charge is 0.480 e. The summed E-state index contributed by atoms with van der Waals surface area (Å²) in [5.74, 6) is -0.345. The monoisotopic (exact) mass is 282 g/mol. The molecule has 0 unspecified atom stereocenters. The minimum absolute atomic E-state index is 0.0140. The summed E-state index contributed by atoms with van der Waals surface area (Å²) < 4.78 is 10.2. The van der Waals surface area contributed by atoms with Crippen molar-refractivity contribution in [1.29, 1.82) is 0 Å². The smallest absolute Gasteiger partial charge is 0.329 e. The molecule has 1 N–H and O–H groups in total. The normalized spacial score (nSPS) is 10.6. The van der Waals surface area contributed by atoms with Crippen LogP contribution in [-0.4, -0.2) is 27.9 Å². The van der Waals surface area contributed by atoms with E-state index in [0.717, 1.165) is 5.56 Å². The van der Waals surface area contributed by atoms with E-state index in [1.54, 1.807) is 12.1 Å². The summed E-state index contributed by atoms with van der Waals surface area (Å²) in [6.07, 6.45) is 0.489. The van der Waals surface area contributed by atoms with Crippen LogP contribution in [0.5, 0.6) is 0 Å². The molecule has 100 valence electrons. The Bertz CT molecular complexity index is 553. The number of benzene rings is 1. The number of carbonyl (C=O) groups is 1. The van der Waals surface area contributed by atoms with Gasteiger partial charge in [0, 0.05) is 5.02 Å². The highest BCUT2D eigenvalue weighted by atomic mass is 35.5. The van der Waals surface area contributed by atoms with Gasteiger partial charge in [0.2, 0.25) is 11.8 Å². The second kappa shape index (κ2) is 6.31. The molecule has 0 radical (unpaired) electrons. The van der Waals surface area contributed by atoms with Crippen LogP contribution in [0.15, 0.2) is 28.7 Å². The zero-order valence-corrected chi connectivity index (χ0v) is 10.6. The standard InChI is InChI=1S/C12H11ClN2O4/c13-9-3-1-8(2-4-9)5-10-14-15-11(19-10)6-18-7-12(16)17/h1-4H,5-7H2,(H,16,17). The van der Waals surface area contributed by atoms with Gasteiger partial charge < -0.3 is 14.3 Å². The van der Waals surface area contributed by atoms with Crippen molar-refractivity contribution in [1.82, 2.24) is 10.2 Å². The number of hydrogen-bond acceptors (Lipinski definition) is 5. The van der Waals surface area contributed by atoms with Crippen molar-refractivity contribution >= 4 is 17.6 Å². The summed E-state index contributed by atoms with van der Waals surface area (Å²) in [5.41, 5.74) is 0.992. The van der Waals surface area contributed by atoms with Crippen LogP contribution in [0.25, 0.3) is 0 Å². The van der Waals surface area contributed by atoms with Gasteiger partial charge in [-0.2, -0.15) is 0 Å². The number of halogens is 1. The number of hydrogen-bond donors (Lipinski definition) is 1. The zero-order chi connectivity index (χ0) is 13.7. The van der Waals surface area contributed by atoms with Crippen LogP contribution in [0.3, 0.4) is 0 Å². The predicted octanol–water partition coefficient (Wildman–Crippen LogP) is 1.91. The molecule has 19 heavy (non-hydrogen) atoms. The molecule has 1 heterocycles. The molecule has 2 rings (SSSR count). The van der Waals surface area contributed by atoms with Gasteiger partial charge in [-0.1, -0.05) is 23.7 Å². The SMILES string of the molecule is O=C(O)COCc1nnc(Cc2ccc(Cl)cc2)o1. The van der Waals surface area contributed by atoms with E-state index in [4.69, 9.17) is 25.9 Å². The number of nitrogens with zero attached hydrogens (tertiary/aromatic N) is 2. The van der Waals surface area contributed by atoms with E-state index in [0.29, 0.717) is 17.3 Å². The lowest BCUT2D eigenvalue weighted by atomic mass is 10.1. The number of ether oxygens (including phenoxy) is 1. The molecule has 7 heteroatoms. The van der Waals surface area contributed by atoms with Gasteiger partial charge in [-0.3, -0.25) is 0 Å². The molecular formula is C12H11ClN2O4. The highest BCUT2D eigenvalue weighted by molar-refractivity contribution is 6.30. The van der Waals surface area contributed by atoms with Crippen molar-refractivity contribution < 1.29 is 19.1 Å². The first-order valence-electron chi connectivity index (χ1n) is 5.49. The van der Waals surface area contributed by atoms with E-state index in [2.05, 4.69) is 10.2 Å². The van der Waals surface area contributed by atoms with E-state index in [1.807, 2.05) is 12.1 Å². The molecule has 0 saturated carbocycles. The first-order chi connectivity index (χ1) is 9.13. The van der Waals surface area contributed by atoms with E-state index >= 15 is 0 Å². The van der Waals surface area contributed by atoms with Crippen LogP contribution in [0, 0.1) is 0 Å². The summed E-state index contributed by atoms with van der Waals surface area (Å²) >= 11 is 5.79. The average molecular weight is 283 g/mol. The highest BCUT2D eigenvalue weighted by Crippen LogP contribution is 2.13. The van der Waals surface area contributed by atoms with Crippen molar-refractivity contribution in [3.63, 3.8) is 0 Å². The molecule has 2 aromatic rings. The van der Waals surface area contributed by atoms with Gasteiger partial charge >= 0.3 is 5.97 Å². The maximum atomic E-state index is 10.3. The van der Waals surface area contributed by atoms with Crippen molar-refractivity contribution in [3.8, 4) is 0 Å². The molecule has 0 aliphatic rings. The highest BCUT2D eigenvalue weighted by Gasteiger charge is 2.08. The molecule has 0 aliphatic heterocycles. The van der Waals surface area contributed by atoms with E-state index in [1.165, 1.54) is 0 Å². The van der Waals surface area contributed by atoms with Crippen LogP contribution in [0.4, 0.5) is 0 Å². The second-order valence-corrected chi connectivity index (χ2v) is 4.22. The fourth-order valence-electron chi connectivity index (χ4n) is 1.42. The van der Waals surface area contributed by atoms with Crippen LogP contribution < -0.4 is 0 Å². The van der Waals surface area contributed by atoms with Crippen LogP contribution in [0.2, 0.25) is 5.02 Å². The Hall–Kier alpha value is -1.92. The molecule has 0 saturated heterocycles. The Morgan fingerprint density at radius 1 is 1.26 bits per heavy atom. The summed E-state index contributed by atoms with van der Waals surface area (Å²) in [6, 6.07) is 7.30. The molecule has 0 bridgehead atoms. The van der Waals surface area contributed by atoms with Crippen LogP contribution >= 0.6 is 11.6 Å². The lowest BCUT2D eigenvalue weighted by Crippen LogP contribution is -2.06. The molecule has 0 amide bonds. The first kappa shape index (κ1) is 13.5. The molecular weight excluding hydrogens is 272 g/mol. The number of aliphatic carboxylic acids is 1. The van der Waals surface area contributed by atoms with Gasteiger partial charge in [0.25, 0.3) is 0 Å². The Kier molecular flexibility index (Phi) is 4.48. The lowest BCUT2D eigenvalue weighted by molar-refractivity contribution is -0.142. The lowest BCUT2D eigenvalue weighted by Gasteiger charge is -1.97.